The summed E-state index contributed by atoms with van der Waals surface area (Å²) in [4.78, 5) is 12.2. The van der Waals surface area contributed by atoms with Gasteiger partial charge in [-0.3, -0.25) is 9.48 Å². The number of anilines is 1. The first-order valence-corrected chi connectivity index (χ1v) is 7.40. The van der Waals surface area contributed by atoms with Gasteiger partial charge in [-0.1, -0.05) is 18.2 Å². The third kappa shape index (κ3) is 3.42. The summed E-state index contributed by atoms with van der Waals surface area (Å²) in [6, 6.07) is 10.1. The molecular formula is C16H20N4O. The Morgan fingerprint density at radius 2 is 2.29 bits per heavy atom. The Labute approximate surface area is 124 Å². The molecule has 2 N–H and O–H groups in total. The minimum absolute atomic E-state index is 0.0182. The number of nitrogens with one attached hydrogen (secondary N) is 2. The maximum atomic E-state index is 12.2. The van der Waals surface area contributed by atoms with Crippen LogP contribution in [0.1, 0.15) is 12.0 Å². The van der Waals surface area contributed by atoms with E-state index in [1.807, 2.05) is 29.1 Å². The molecule has 1 atom stereocenters. The largest absolute Gasteiger partial charge is 0.384 e. The van der Waals surface area contributed by atoms with Crippen molar-refractivity contribution in [1.29, 1.82) is 0 Å². The van der Waals surface area contributed by atoms with Gasteiger partial charge in [-0.15, -0.1) is 0 Å². The number of fused-ring (bicyclic) bond motifs is 1. The fraction of sp³-hybridized carbons (Fsp3) is 0.375. The molecule has 0 bridgehead atoms. The van der Waals surface area contributed by atoms with Crippen LogP contribution in [0, 0.1) is 5.92 Å². The van der Waals surface area contributed by atoms with Crippen LogP contribution in [0.5, 0.6) is 0 Å². The molecule has 0 saturated heterocycles. The van der Waals surface area contributed by atoms with Gasteiger partial charge in [0, 0.05) is 37.7 Å². The molecule has 21 heavy (non-hydrogen) atoms. The van der Waals surface area contributed by atoms with Crippen molar-refractivity contribution >= 4 is 11.6 Å². The highest BCUT2D eigenvalue weighted by Gasteiger charge is 2.23. The molecule has 1 aliphatic rings. The molecule has 1 amide bonds. The number of aryl methyl sites for hydroxylation is 1. The van der Waals surface area contributed by atoms with E-state index < -0.39 is 0 Å². The van der Waals surface area contributed by atoms with Crippen molar-refractivity contribution in [2.45, 2.75) is 19.4 Å². The van der Waals surface area contributed by atoms with Crippen molar-refractivity contribution in [3.05, 3.63) is 48.3 Å². The van der Waals surface area contributed by atoms with Crippen LogP contribution in [0.4, 0.5) is 5.69 Å². The van der Waals surface area contributed by atoms with E-state index in [0.29, 0.717) is 13.1 Å². The Balaban J connectivity index is 1.44. The lowest BCUT2D eigenvalue weighted by atomic mass is 9.93. The lowest BCUT2D eigenvalue weighted by molar-refractivity contribution is -0.124. The molecule has 0 saturated carbocycles. The van der Waals surface area contributed by atoms with Crippen LogP contribution >= 0.6 is 0 Å². The molecular weight excluding hydrogens is 264 g/mol. The van der Waals surface area contributed by atoms with Crippen LogP contribution in [-0.4, -0.2) is 28.8 Å². The zero-order chi connectivity index (χ0) is 14.5. The third-order valence-electron chi connectivity index (χ3n) is 3.82. The van der Waals surface area contributed by atoms with E-state index in [4.69, 9.17) is 0 Å². The maximum absolute atomic E-state index is 12.2. The van der Waals surface area contributed by atoms with E-state index in [1.54, 1.807) is 6.20 Å². The summed E-state index contributed by atoms with van der Waals surface area (Å²) < 4.78 is 1.88. The molecule has 0 aliphatic carbocycles. The van der Waals surface area contributed by atoms with Gasteiger partial charge in [0.05, 0.1) is 5.92 Å². The maximum Gasteiger partial charge on any atom is 0.225 e. The summed E-state index contributed by atoms with van der Waals surface area (Å²) in [5.74, 6) is 0.155. The van der Waals surface area contributed by atoms with Gasteiger partial charge >= 0.3 is 0 Å². The van der Waals surface area contributed by atoms with Gasteiger partial charge in [-0.05, 0) is 30.5 Å². The molecule has 110 valence electrons. The predicted molar refractivity (Wildman–Crippen MR) is 82.0 cm³/mol. The predicted octanol–water partition coefficient (Wildman–Crippen LogP) is 1.67. The van der Waals surface area contributed by atoms with Gasteiger partial charge < -0.3 is 10.6 Å². The summed E-state index contributed by atoms with van der Waals surface area (Å²) in [7, 11) is 0. The highest BCUT2D eigenvalue weighted by molar-refractivity contribution is 5.80. The van der Waals surface area contributed by atoms with Crippen LogP contribution < -0.4 is 10.6 Å². The fourth-order valence-electron chi connectivity index (χ4n) is 2.66. The molecule has 2 heterocycles. The Bertz CT molecular complexity index is 594. The Morgan fingerprint density at radius 3 is 3.14 bits per heavy atom. The van der Waals surface area contributed by atoms with Gasteiger partial charge in [0.2, 0.25) is 5.91 Å². The second-order valence-corrected chi connectivity index (χ2v) is 5.35. The number of para-hydroxylation sites is 1. The Kier molecular flexibility index (Phi) is 4.19. The van der Waals surface area contributed by atoms with E-state index >= 15 is 0 Å². The first-order valence-electron chi connectivity index (χ1n) is 7.40. The lowest BCUT2D eigenvalue weighted by Crippen LogP contribution is -2.38. The van der Waals surface area contributed by atoms with E-state index in [-0.39, 0.29) is 11.8 Å². The van der Waals surface area contributed by atoms with Crippen molar-refractivity contribution in [3.63, 3.8) is 0 Å². The van der Waals surface area contributed by atoms with E-state index in [9.17, 15) is 4.79 Å². The number of rotatable bonds is 5. The molecule has 2 aromatic rings. The molecule has 1 aliphatic heterocycles. The van der Waals surface area contributed by atoms with Gasteiger partial charge in [0.25, 0.3) is 0 Å². The average molecular weight is 284 g/mol. The first kappa shape index (κ1) is 13.7. The van der Waals surface area contributed by atoms with Crippen molar-refractivity contribution in [3.8, 4) is 0 Å². The molecule has 5 nitrogen and oxygen atoms in total. The topological polar surface area (TPSA) is 59.0 Å². The number of amides is 1. The number of hydrogen-bond donors (Lipinski definition) is 2. The average Bonchev–Trinajstić information content (AvgIpc) is 3.04. The number of hydrogen-bond acceptors (Lipinski definition) is 3. The van der Waals surface area contributed by atoms with Gasteiger partial charge in [0.15, 0.2) is 0 Å². The zero-order valence-electron chi connectivity index (χ0n) is 12.0. The fourth-order valence-corrected chi connectivity index (χ4v) is 2.66. The molecule has 5 heteroatoms. The number of carbonyl (C=O) groups is 1. The number of nitrogens with zero attached hydrogens (tertiary/aromatic N) is 2. The SMILES string of the molecule is O=C(NCCCn1cccn1)C1CNc2ccccc2C1. The molecule has 1 unspecified atom stereocenters. The number of aromatic nitrogens is 2. The van der Waals surface area contributed by atoms with Crippen LogP contribution in [0.2, 0.25) is 0 Å². The van der Waals surface area contributed by atoms with Crippen molar-refractivity contribution in [1.82, 2.24) is 15.1 Å². The van der Waals surface area contributed by atoms with Crippen LogP contribution in [0.25, 0.3) is 0 Å². The van der Waals surface area contributed by atoms with Crippen LogP contribution in [-0.2, 0) is 17.8 Å². The first-order chi connectivity index (χ1) is 10.3. The van der Waals surface area contributed by atoms with E-state index in [1.165, 1.54) is 5.56 Å². The van der Waals surface area contributed by atoms with E-state index in [0.717, 1.165) is 25.1 Å². The molecule has 0 fully saturated rings. The standard InChI is InChI=1S/C16H20N4O/c21-16(17-7-3-9-20-10-4-8-19-20)14-11-13-5-1-2-6-15(13)18-12-14/h1-2,4-6,8,10,14,18H,3,7,9,11-12H2,(H,17,21). The smallest absolute Gasteiger partial charge is 0.225 e. The summed E-state index contributed by atoms with van der Waals surface area (Å²) in [6.07, 6.45) is 5.41. The van der Waals surface area contributed by atoms with Crippen LogP contribution in [0.3, 0.4) is 0 Å². The quantitative estimate of drug-likeness (QED) is 0.821. The summed E-state index contributed by atoms with van der Waals surface area (Å²) in [5, 5.41) is 10.5. The summed E-state index contributed by atoms with van der Waals surface area (Å²) in [5.41, 5.74) is 2.38. The second kappa shape index (κ2) is 6.43. The van der Waals surface area contributed by atoms with Crippen LogP contribution in [0.15, 0.2) is 42.7 Å². The molecule has 0 radical (unpaired) electrons. The van der Waals surface area contributed by atoms with E-state index in [2.05, 4.69) is 27.9 Å². The summed E-state index contributed by atoms with van der Waals surface area (Å²) in [6.45, 7) is 2.23. The second-order valence-electron chi connectivity index (χ2n) is 5.35. The summed E-state index contributed by atoms with van der Waals surface area (Å²) >= 11 is 0. The minimum Gasteiger partial charge on any atom is -0.384 e. The van der Waals surface area contributed by atoms with Gasteiger partial charge in [-0.2, -0.15) is 5.10 Å². The molecule has 3 rings (SSSR count). The van der Waals surface area contributed by atoms with Gasteiger partial charge in [-0.25, -0.2) is 0 Å². The zero-order valence-corrected chi connectivity index (χ0v) is 12.0. The molecule has 0 spiro atoms. The monoisotopic (exact) mass is 284 g/mol. The van der Waals surface area contributed by atoms with Gasteiger partial charge in [0.1, 0.15) is 0 Å². The molecule has 1 aromatic carbocycles. The van der Waals surface area contributed by atoms with Crippen molar-refractivity contribution in [2.75, 3.05) is 18.4 Å². The minimum atomic E-state index is 0.0182. The highest BCUT2D eigenvalue weighted by atomic mass is 16.1. The van der Waals surface area contributed by atoms with Crippen molar-refractivity contribution in [2.24, 2.45) is 5.92 Å². The number of carbonyl (C=O) groups excluding carboxylic acids is 1. The normalized spacial score (nSPS) is 16.9. The Hall–Kier alpha value is -2.30. The lowest BCUT2D eigenvalue weighted by Gasteiger charge is -2.25. The Morgan fingerprint density at radius 1 is 1.38 bits per heavy atom. The molecule has 1 aromatic heterocycles. The highest BCUT2D eigenvalue weighted by Crippen LogP contribution is 2.24. The van der Waals surface area contributed by atoms with Crippen molar-refractivity contribution < 1.29 is 4.79 Å². The third-order valence-corrected chi connectivity index (χ3v) is 3.82. The number of benzene rings is 1.